The Balaban J connectivity index is 1.65. The highest BCUT2D eigenvalue weighted by atomic mass is 32.2. The average Bonchev–Trinajstić information content (AvgIpc) is 2.72. The number of nitrogens with one attached hydrogen (secondary N) is 1. The molecule has 4 heteroatoms. The molecule has 0 aromatic heterocycles. The van der Waals surface area contributed by atoms with Gasteiger partial charge < -0.3 is 10.2 Å². The van der Waals surface area contributed by atoms with Crippen LogP contribution in [-0.2, 0) is 0 Å². The summed E-state index contributed by atoms with van der Waals surface area (Å²) >= 11 is 1.63. The zero-order valence-electron chi connectivity index (χ0n) is 16.9. The van der Waals surface area contributed by atoms with E-state index in [1.807, 2.05) is 37.3 Å². The van der Waals surface area contributed by atoms with E-state index < -0.39 is 0 Å². The van der Waals surface area contributed by atoms with Crippen LogP contribution in [0.2, 0.25) is 0 Å². The molecule has 0 aliphatic carbocycles. The van der Waals surface area contributed by atoms with Gasteiger partial charge in [0.25, 0.3) is 5.91 Å². The molecule has 2 aromatic rings. The quantitative estimate of drug-likeness (QED) is 0.483. The maximum Gasteiger partial charge on any atom is 0.252 e. The summed E-state index contributed by atoms with van der Waals surface area (Å²) in [6, 6.07) is 16.3. The Morgan fingerprint density at radius 2 is 2.04 bits per heavy atom. The zero-order valence-corrected chi connectivity index (χ0v) is 17.7. The predicted molar refractivity (Wildman–Crippen MR) is 120 cm³/mol. The van der Waals surface area contributed by atoms with Gasteiger partial charge in [-0.05, 0) is 55.5 Å². The van der Waals surface area contributed by atoms with Gasteiger partial charge in [0.15, 0.2) is 0 Å². The van der Waals surface area contributed by atoms with E-state index in [0.717, 1.165) is 40.8 Å². The van der Waals surface area contributed by atoms with E-state index in [9.17, 15) is 4.79 Å². The van der Waals surface area contributed by atoms with Gasteiger partial charge in [-0.25, -0.2) is 0 Å². The first-order valence-electron chi connectivity index (χ1n) is 10.1. The fourth-order valence-electron chi connectivity index (χ4n) is 3.68. The first-order valence-corrected chi connectivity index (χ1v) is 11.1. The molecular weight excluding hydrogens is 364 g/mol. The average molecular weight is 395 g/mol. The summed E-state index contributed by atoms with van der Waals surface area (Å²) in [6.45, 7) is 10.4. The third kappa shape index (κ3) is 5.20. The minimum Gasteiger partial charge on any atom is -0.371 e. The van der Waals surface area contributed by atoms with E-state index in [-0.39, 0.29) is 11.9 Å². The van der Waals surface area contributed by atoms with E-state index in [1.54, 1.807) is 11.8 Å². The van der Waals surface area contributed by atoms with Gasteiger partial charge >= 0.3 is 0 Å². The topological polar surface area (TPSA) is 32.3 Å². The lowest BCUT2D eigenvalue weighted by Crippen LogP contribution is -2.34. The van der Waals surface area contributed by atoms with Gasteiger partial charge in [0.2, 0.25) is 0 Å². The Bertz CT molecular complexity index is 803. The van der Waals surface area contributed by atoms with Crippen LogP contribution in [0.15, 0.2) is 66.1 Å². The third-order valence-corrected chi connectivity index (χ3v) is 6.32. The van der Waals surface area contributed by atoms with Crippen LogP contribution in [0.3, 0.4) is 0 Å². The fraction of sp³-hybridized carbons (Fsp3) is 0.375. The van der Waals surface area contributed by atoms with Crippen LogP contribution in [0.5, 0.6) is 0 Å². The van der Waals surface area contributed by atoms with E-state index in [4.69, 9.17) is 0 Å². The Kier molecular flexibility index (Phi) is 7.21. The Labute approximate surface area is 173 Å². The molecule has 2 atom stereocenters. The maximum absolute atomic E-state index is 12.8. The summed E-state index contributed by atoms with van der Waals surface area (Å²) in [5, 5.41) is 3.14. The van der Waals surface area contributed by atoms with E-state index in [1.165, 1.54) is 18.5 Å². The van der Waals surface area contributed by atoms with Crippen LogP contribution in [0.25, 0.3) is 0 Å². The summed E-state index contributed by atoms with van der Waals surface area (Å²) in [7, 11) is 0. The number of amides is 1. The van der Waals surface area contributed by atoms with Gasteiger partial charge in [-0.3, -0.25) is 4.79 Å². The number of thioether (sulfide) groups is 1. The number of hydrogen-bond donors (Lipinski definition) is 1. The predicted octanol–water partition coefficient (Wildman–Crippen LogP) is 5.69. The molecule has 0 bridgehead atoms. The summed E-state index contributed by atoms with van der Waals surface area (Å²) in [5.74, 6) is 1.51. The van der Waals surface area contributed by atoms with Crippen molar-refractivity contribution < 1.29 is 4.79 Å². The number of carbonyl (C=O) groups is 1. The molecule has 1 fully saturated rings. The number of benzene rings is 2. The smallest absolute Gasteiger partial charge is 0.252 e. The van der Waals surface area contributed by atoms with E-state index in [0.29, 0.717) is 0 Å². The summed E-state index contributed by atoms with van der Waals surface area (Å²) in [4.78, 5) is 16.3. The molecule has 0 saturated carbocycles. The van der Waals surface area contributed by atoms with Crippen LogP contribution in [0.4, 0.5) is 5.69 Å². The molecule has 0 spiro atoms. The van der Waals surface area contributed by atoms with Gasteiger partial charge in [-0.1, -0.05) is 37.3 Å². The number of hydrogen-bond acceptors (Lipinski definition) is 3. The van der Waals surface area contributed by atoms with Crippen molar-refractivity contribution >= 4 is 23.4 Å². The van der Waals surface area contributed by atoms with E-state index >= 15 is 0 Å². The summed E-state index contributed by atoms with van der Waals surface area (Å²) < 4.78 is 0. The summed E-state index contributed by atoms with van der Waals surface area (Å²) in [6.07, 6.45) is 4.44. The molecule has 1 N–H and O–H groups in total. The van der Waals surface area contributed by atoms with Gasteiger partial charge in [0.1, 0.15) is 0 Å². The third-order valence-electron chi connectivity index (χ3n) is 5.25. The molecular formula is C24H30N2OS. The molecule has 1 saturated heterocycles. The molecule has 3 rings (SSSR count). The molecule has 3 nitrogen and oxygen atoms in total. The molecule has 1 amide bonds. The lowest BCUT2D eigenvalue weighted by molar-refractivity contribution is 0.0937. The first kappa shape index (κ1) is 20.5. The van der Waals surface area contributed by atoms with Crippen LogP contribution in [-0.4, -0.2) is 24.7 Å². The minimum absolute atomic E-state index is 0.0337. The molecule has 28 heavy (non-hydrogen) atoms. The first-order chi connectivity index (χ1) is 13.6. The van der Waals surface area contributed by atoms with Crippen LogP contribution in [0, 0.1) is 5.92 Å². The zero-order chi connectivity index (χ0) is 19.9. The van der Waals surface area contributed by atoms with Crippen molar-refractivity contribution in [3.05, 3.63) is 72.3 Å². The second-order valence-corrected chi connectivity index (χ2v) is 8.64. The molecule has 0 radical (unpaired) electrons. The number of anilines is 1. The largest absolute Gasteiger partial charge is 0.371 e. The van der Waals surface area contributed by atoms with E-state index in [2.05, 4.69) is 48.0 Å². The molecule has 1 heterocycles. The van der Waals surface area contributed by atoms with Crippen LogP contribution >= 0.6 is 11.8 Å². The summed E-state index contributed by atoms with van der Waals surface area (Å²) in [5.41, 5.74) is 3.12. The molecule has 1 aliphatic heterocycles. The van der Waals surface area contributed by atoms with Crippen LogP contribution < -0.4 is 10.2 Å². The lowest BCUT2D eigenvalue weighted by Gasteiger charge is -2.33. The van der Waals surface area contributed by atoms with Gasteiger partial charge in [0, 0.05) is 29.4 Å². The lowest BCUT2D eigenvalue weighted by atomic mass is 9.99. The van der Waals surface area contributed by atoms with Gasteiger partial charge in [0.05, 0.1) is 11.6 Å². The Hall–Kier alpha value is -2.20. The second-order valence-electron chi connectivity index (χ2n) is 7.58. The van der Waals surface area contributed by atoms with Crippen molar-refractivity contribution in [2.45, 2.75) is 37.6 Å². The van der Waals surface area contributed by atoms with Crippen molar-refractivity contribution in [2.75, 3.05) is 23.7 Å². The standard InChI is InChI=1S/C24H30N2OS/c1-4-16-28-23-10-6-5-9-22(23)24(27)25-19(3)20-11-13-21(14-12-20)26-15-7-8-18(2)17-26/h4-6,9-14,18-19H,1,7-8,15-17H2,2-3H3,(H,25,27)/t18-,19-/m1/s1. The highest BCUT2D eigenvalue weighted by Gasteiger charge is 2.18. The van der Waals surface area contributed by atoms with Gasteiger partial charge in [-0.2, -0.15) is 0 Å². The van der Waals surface area contributed by atoms with Crippen molar-refractivity contribution in [2.24, 2.45) is 5.92 Å². The number of carbonyl (C=O) groups excluding carboxylic acids is 1. The second kappa shape index (κ2) is 9.83. The number of piperidine rings is 1. The monoisotopic (exact) mass is 394 g/mol. The Morgan fingerprint density at radius 1 is 1.29 bits per heavy atom. The maximum atomic E-state index is 12.8. The van der Waals surface area contributed by atoms with Crippen molar-refractivity contribution in [1.82, 2.24) is 5.32 Å². The number of rotatable bonds is 7. The fourth-order valence-corrected chi connectivity index (χ4v) is 4.47. The Morgan fingerprint density at radius 3 is 2.75 bits per heavy atom. The SMILES string of the molecule is C=CCSc1ccccc1C(=O)N[C@H](C)c1ccc(N2CCC[C@@H](C)C2)cc1. The highest BCUT2D eigenvalue weighted by Crippen LogP contribution is 2.26. The number of nitrogens with zero attached hydrogens (tertiary/aromatic N) is 1. The molecule has 0 unspecified atom stereocenters. The normalized spacial score (nSPS) is 17.8. The molecule has 1 aliphatic rings. The molecule has 148 valence electrons. The van der Waals surface area contributed by atoms with Crippen LogP contribution in [0.1, 0.15) is 48.7 Å². The highest BCUT2D eigenvalue weighted by molar-refractivity contribution is 7.99. The van der Waals surface area contributed by atoms with Crippen molar-refractivity contribution in [3.8, 4) is 0 Å². The van der Waals surface area contributed by atoms with Crippen molar-refractivity contribution in [3.63, 3.8) is 0 Å². The van der Waals surface area contributed by atoms with Crippen molar-refractivity contribution in [1.29, 1.82) is 0 Å². The minimum atomic E-state index is -0.0423. The molecule has 2 aromatic carbocycles. The van der Waals surface area contributed by atoms with Gasteiger partial charge in [-0.15, -0.1) is 18.3 Å².